The molecule has 2 heterocycles. The quantitative estimate of drug-likeness (QED) is 0.402. The van der Waals surface area contributed by atoms with Crippen molar-refractivity contribution in [2.24, 2.45) is 5.73 Å². The lowest BCUT2D eigenvalue weighted by atomic mass is 9.92. The largest absolute Gasteiger partial charge is 0.417 e. The van der Waals surface area contributed by atoms with Crippen molar-refractivity contribution in [3.05, 3.63) is 71.7 Å². The van der Waals surface area contributed by atoms with E-state index in [4.69, 9.17) is 5.73 Å². The van der Waals surface area contributed by atoms with E-state index in [0.29, 0.717) is 22.4 Å². The Bertz CT molecular complexity index is 1410. The number of nitrogens with zero attached hydrogens (tertiary/aromatic N) is 3. The van der Waals surface area contributed by atoms with Gasteiger partial charge in [0.05, 0.1) is 10.9 Å². The average molecular weight is 468 g/mol. The van der Waals surface area contributed by atoms with Crippen molar-refractivity contribution in [3.63, 3.8) is 0 Å². The van der Waals surface area contributed by atoms with Gasteiger partial charge in [0.15, 0.2) is 0 Å². The monoisotopic (exact) mass is 468 g/mol. The van der Waals surface area contributed by atoms with Gasteiger partial charge in [-0.15, -0.1) is 0 Å². The molecular weight excluding hydrogens is 449 g/mol. The van der Waals surface area contributed by atoms with Crippen LogP contribution in [0.1, 0.15) is 21.5 Å². The number of aromatic amines is 1. The molecule has 4 rings (SSSR count). The highest BCUT2D eigenvalue weighted by atomic mass is 19.4. The molecule has 2 aromatic heterocycles. The van der Waals surface area contributed by atoms with Crippen LogP contribution in [0.2, 0.25) is 0 Å². The molecule has 0 atom stereocenters. The molecule has 8 nitrogen and oxygen atoms in total. The van der Waals surface area contributed by atoms with Crippen LogP contribution in [0.5, 0.6) is 0 Å². The number of benzene rings is 2. The van der Waals surface area contributed by atoms with Crippen molar-refractivity contribution < 1.29 is 22.8 Å². The van der Waals surface area contributed by atoms with E-state index in [1.54, 1.807) is 25.3 Å². The lowest BCUT2D eigenvalue weighted by Crippen LogP contribution is -2.32. The smallest absolute Gasteiger partial charge is 0.366 e. The van der Waals surface area contributed by atoms with E-state index < -0.39 is 23.7 Å². The number of carbonyl (C=O) groups is 2. The van der Waals surface area contributed by atoms with Crippen LogP contribution in [0, 0.1) is 6.92 Å². The summed E-state index contributed by atoms with van der Waals surface area (Å²) in [5.41, 5.74) is 5.23. The number of aryl methyl sites for hydroxylation is 1. The lowest BCUT2D eigenvalue weighted by Gasteiger charge is -2.20. The van der Waals surface area contributed by atoms with Crippen LogP contribution in [0.25, 0.3) is 22.2 Å². The maximum Gasteiger partial charge on any atom is 0.417 e. The summed E-state index contributed by atoms with van der Waals surface area (Å²) < 4.78 is 41.2. The molecule has 0 spiro atoms. The number of aromatic nitrogens is 3. The first-order valence-corrected chi connectivity index (χ1v) is 10.0. The number of anilines is 2. The number of fused-ring (bicyclic) bond motifs is 1. The van der Waals surface area contributed by atoms with Crippen LogP contribution in [-0.2, 0) is 6.18 Å². The van der Waals surface area contributed by atoms with Crippen LogP contribution in [0.4, 0.5) is 29.5 Å². The number of carbonyl (C=O) groups excluding carboxylic acids is 2. The maximum atomic E-state index is 13.7. The van der Waals surface area contributed by atoms with Crippen molar-refractivity contribution >= 4 is 34.5 Å². The Balaban J connectivity index is 1.74. The standard InChI is InChI=1S/C23H19F3N6O2/c1-12-6-7-13(18-14(19(27)33)4-3-5-16(18)23(24,25)26)10-17(12)31-22(34)32(2)21-15-8-9-28-20(15)29-11-30-21/h3-11H,1-2H3,(H2,27,33)(H,31,34)(H,28,29,30). The first kappa shape index (κ1) is 22.8. The van der Waals surface area contributed by atoms with Crippen molar-refractivity contribution in [3.8, 4) is 11.1 Å². The Labute approximate surface area is 191 Å². The van der Waals surface area contributed by atoms with Crippen LogP contribution in [0.3, 0.4) is 0 Å². The van der Waals surface area contributed by atoms with Gasteiger partial charge in [0.1, 0.15) is 17.8 Å². The predicted octanol–water partition coefficient (Wildman–Crippen LogP) is 4.72. The normalized spacial score (nSPS) is 11.4. The van der Waals surface area contributed by atoms with Gasteiger partial charge in [-0.25, -0.2) is 14.8 Å². The first-order valence-electron chi connectivity index (χ1n) is 10.0. The third-order valence-corrected chi connectivity index (χ3v) is 5.36. The fourth-order valence-electron chi connectivity index (χ4n) is 3.64. The summed E-state index contributed by atoms with van der Waals surface area (Å²) in [5.74, 6) is -0.651. The highest BCUT2D eigenvalue weighted by Crippen LogP contribution is 2.40. The highest BCUT2D eigenvalue weighted by molar-refractivity contribution is 6.06. The van der Waals surface area contributed by atoms with Crippen LogP contribution < -0.4 is 16.0 Å². The number of rotatable bonds is 4. The zero-order chi connectivity index (χ0) is 24.6. The third-order valence-electron chi connectivity index (χ3n) is 5.36. The maximum absolute atomic E-state index is 13.7. The molecule has 11 heteroatoms. The fourth-order valence-corrected chi connectivity index (χ4v) is 3.64. The Morgan fingerprint density at radius 2 is 1.88 bits per heavy atom. The molecule has 34 heavy (non-hydrogen) atoms. The number of primary amides is 1. The van der Waals surface area contributed by atoms with Gasteiger partial charge in [0.2, 0.25) is 5.91 Å². The minimum absolute atomic E-state index is 0.0836. The number of nitrogens with one attached hydrogen (secondary N) is 2. The molecule has 0 aliphatic rings. The molecular formula is C23H19F3N6O2. The number of urea groups is 1. The number of alkyl halides is 3. The van der Waals surface area contributed by atoms with Gasteiger partial charge in [-0.2, -0.15) is 13.2 Å². The van der Waals surface area contributed by atoms with Gasteiger partial charge in [-0.3, -0.25) is 9.69 Å². The molecule has 3 amide bonds. The Morgan fingerprint density at radius 1 is 1.12 bits per heavy atom. The Hall–Kier alpha value is -4.41. The number of nitrogens with two attached hydrogens (primary N) is 1. The molecule has 0 bridgehead atoms. The van der Waals surface area contributed by atoms with E-state index in [9.17, 15) is 22.8 Å². The van der Waals surface area contributed by atoms with Gasteiger partial charge < -0.3 is 16.0 Å². The van der Waals surface area contributed by atoms with E-state index in [2.05, 4.69) is 20.3 Å². The lowest BCUT2D eigenvalue weighted by molar-refractivity contribution is -0.137. The fraction of sp³-hybridized carbons (Fsp3) is 0.130. The average Bonchev–Trinajstić information content (AvgIpc) is 3.28. The van der Waals surface area contributed by atoms with E-state index in [1.807, 2.05) is 0 Å². The topological polar surface area (TPSA) is 117 Å². The molecule has 4 N–H and O–H groups in total. The van der Waals surface area contributed by atoms with Crippen molar-refractivity contribution in [1.82, 2.24) is 15.0 Å². The second-order valence-corrected chi connectivity index (χ2v) is 7.55. The second-order valence-electron chi connectivity index (χ2n) is 7.55. The van der Waals surface area contributed by atoms with Gasteiger partial charge in [0, 0.05) is 30.1 Å². The van der Waals surface area contributed by atoms with Gasteiger partial charge in [-0.05, 0) is 42.3 Å². The summed E-state index contributed by atoms with van der Waals surface area (Å²) in [5, 5.41) is 3.32. The molecule has 0 unspecified atom stereocenters. The minimum Gasteiger partial charge on any atom is -0.366 e. The summed E-state index contributed by atoms with van der Waals surface area (Å²) in [6.07, 6.45) is -1.75. The Kier molecular flexibility index (Phi) is 5.70. The molecule has 0 aliphatic heterocycles. The molecule has 0 fully saturated rings. The zero-order valence-electron chi connectivity index (χ0n) is 18.1. The van der Waals surface area contributed by atoms with Gasteiger partial charge in [0.25, 0.3) is 0 Å². The molecule has 174 valence electrons. The molecule has 0 saturated heterocycles. The number of hydrogen-bond acceptors (Lipinski definition) is 4. The number of H-pyrrole nitrogens is 1. The summed E-state index contributed by atoms with van der Waals surface area (Å²) >= 11 is 0. The Morgan fingerprint density at radius 3 is 2.59 bits per heavy atom. The summed E-state index contributed by atoms with van der Waals surface area (Å²) in [7, 11) is 1.51. The molecule has 0 radical (unpaired) electrons. The van der Waals surface area contributed by atoms with Crippen LogP contribution in [-0.4, -0.2) is 33.9 Å². The number of amides is 3. The molecule has 2 aromatic carbocycles. The zero-order valence-corrected chi connectivity index (χ0v) is 18.1. The van der Waals surface area contributed by atoms with Crippen LogP contribution in [0.15, 0.2) is 55.0 Å². The number of hydrogen-bond donors (Lipinski definition) is 3. The highest BCUT2D eigenvalue weighted by Gasteiger charge is 2.35. The van der Waals surface area contributed by atoms with Crippen molar-refractivity contribution in [2.45, 2.75) is 13.1 Å². The van der Waals surface area contributed by atoms with E-state index >= 15 is 0 Å². The predicted molar refractivity (Wildman–Crippen MR) is 121 cm³/mol. The van der Waals surface area contributed by atoms with E-state index in [-0.39, 0.29) is 22.4 Å². The second kappa shape index (κ2) is 8.50. The minimum atomic E-state index is -4.72. The van der Waals surface area contributed by atoms with Crippen molar-refractivity contribution in [2.75, 3.05) is 17.3 Å². The third kappa shape index (κ3) is 4.15. The molecule has 4 aromatic rings. The summed E-state index contributed by atoms with van der Waals surface area (Å²) in [6, 6.07) is 8.77. The SMILES string of the molecule is Cc1ccc(-c2c(C(N)=O)cccc2C(F)(F)F)cc1NC(=O)N(C)c1ncnc2[nH]ccc12. The summed E-state index contributed by atoms with van der Waals surface area (Å²) in [6.45, 7) is 1.69. The number of halogens is 3. The summed E-state index contributed by atoms with van der Waals surface area (Å²) in [4.78, 5) is 37.3. The molecule has 0 saturated carbocycles. The molecule has 0 aliphatic carbocycles. The van der Waals surface area contributed by atoms with E-state index in [0.717, 1.165) is 12.1 Å². The van der Waals surface area contributed by atoms with Crippen LogP contribution >= 0.6 is 0 Å². The van der Waals surface area contributed by atoms with Crippen molar-refractivity contribution in [1.29, 1.82) is 0 Å². The van der Waals surface area contributed by atoms with Gasteiger partial charge >= 0.3 is 12.2 Å². The van der Waals surface area contributed by atoms with E-state index in [1.165, 1.54) is 36.5 Å². The van der Waals surface area contributed by atoms with Gasteiger partial charge in [-0.1, -0.05) is 18.2 Å². The first-order chi connectivity index (χ1) is 16.1.